The number of rotatable bonds is 6. The Labute approximate surface area is 283 Å². The lowest BCUT2D eigenvalue weighted by molar-refractivity contribution is 0.0752. The van der Waals surface area contributed by atoms with Gasteiger partial charge in [-0.05, 0) is 87.5 Å². The molecule has 2 N–H and O–H groups in total. The van der Waals surface area contributed by atoms with Crippen molar-refractivity contribution in [2.24, 2.45) is 0 Å². The molecule has 0 radical (unpaired) electrons. The minimum atomic E-state index is -3.97. The molecule has 7 rings (SSSR count). The molecule has 3 amide bonds. The molecule has 0 bridgehead atoms. The molecule has 2 aromatic carbocycles. The summed E-state index contributed by atoms with van der Waals surface area (Å²) in [5, 5.41) is 4.61. The molecule has 0 spiro atoms. The number of methoxy groups -OCH3 is 1. The van der Waals surface area contributed by atoms with Crippen molar-refractivity contribution < 1.29 is 22.7 Å². The van der Waals surface area contributed by atoms with Gasteiger partial charge in [0.2, 0.25) is 0 Å². The number of benzene rings is 2. The fourth-order valence-electron chi connectivity index (χ4n) is 8.43. The summed E-state index contributed by atoms with van der Waals surface area (Å²) in [5.41, 5.74) is 5.35. The van der Waals surface area contributed by atoms with Crippen LogP contribution in [0.25, 0.3) is 22.2 Å². The van der Waals surface area contributed by atoms with E-state index in [1.807, 2.05) is 23.1 Å². The predicted molar refractivity (Wildman–Crippen MR) is 187 cm³/mol. The Kier molecular flexibility index (Phi) is 8.27. The smallest absolute Gasteiger partial charge is 0.318 e. The summed E-state index contributed by atoms with van der Waals surface area (Å²) in [5.74, 6) is 0.562. The average molecular weight is 677 g/mol. The van der Waals surface area contributed by atoms with Gasteiger partial charge < -0.3 is 19.5 Å². The fraction of sp³-hybridized carbons (Fsp3) is 0.556. The summed E-state index contributed by atoms with van der Waals surface area (Å²) >= 11 is 0. The number of aromatic nitrogens is 1. The van der Waals surface area contributed by atoms with E-state index in [9.17, 15) is 18.0 Å². The fourth-order valence-corrected chi connectivity index (χ4v) is 8.96. The quantitative estimate of drug-likeness (QED) is 0.385. The zero-order valence-electron chi connectivity index (χ0n) is 28.9. The molecule has 48 heavy (non-hydrogen) atoms. The van der Waals surface area contributed by atoms with Gasteiger partial charge in [0.1, 0.15) is 5.75 Å². The Hall–Kier alpha value is -3.61. The first-order valence-electron chi connectivity index (χ1n) is 17.2. The highest BCUT2D eigenvalue weighted by Gasteiger charge is 2.59. The van der Waals surface area contributed by atoms with Crippen molar-refractivity contribution in [1.29, 1.82) is 0 Å². The monoisotopic (exact) mass is 676 g/mol. The first-order chi connectivity index (χ1) is 22.8. The number of fused-ring (bicyclic) bond motifs is 7. The van der Waals surface area contributed by atoms with Crippen LogP contribution in [0.15, 0.2) is 36.4 Å². The van der Waals surface area contributed by atoms with Crippen LogP contribution in [0.2, 0.25) is 0 Å². The van der Waals surface area contributed by atoms with E-state index in [1.165, 1.54) is 44.5 Å². The molecule has 3 heterocycles. The summed E-state index contributed by atoms with van der Waals surface area (Å²) in [6.45, 7) is 6.18. The van der Waals surface area contributed by atoms with Crippen LogP contribution in [0.5, 0.6) is 5.75 Å². The van der Waals surface area contributed by atoms with Crippen molar-refractivity contribution in [2.75, 3.05) is 41.3 Å². The Morgan fingerprint density at radius 3 is 2.38 bits per heavy atom. The van der Waals surface area contributed by atoms with E-state index in [-0.39, 0.29) is 29.6 Å². The van der Waals surface area contributed by atoms with Crippen LogP contribution in [0, 0.1) is 0 Å². The van der Waals surface area contributed by atoms with E-state index >= 15 is 0 Å². The van der Waals surface area contributed by atoms with Crippen LogP contribution in [0.4, 0.5) is 4.79 Å². The number of carbonyl (C=O) groups is 2. The van der Waals surface area contributed by atoms with Crippen LogP contribution in [-0.2, 0) is 16.8 Å². The highest BCUT2D eigenvalue weighted by molar-refractivity contribution is 7.87. The van der Waals surface area contributed by atoms with Crippen LogP contribution in [0.3, 0.4) is 0 Å². The number of likely N-dealkylation sites (N-methyl/N-ethyl adjacent to an activating group) is 1. The first-order valence-corrected chi connectivity index (χ1v) is 18.7. The van der Waals surface area contributed by atoms with Gasteiger partial charge in [0.15, 0.2) is 0 Å². The normalized spacial score (nSPS) is 26.0. The second-order valence-electron chi connectivity index (χ2n) is 14.7. The minimum absolute atomic E-state index is 0.0462. The Balaban J connectivity index is 1.37. The zero-order chi connectivity index (χ0) is 34.1. The predicted octanol–water partition coefficient (Wildman–Crippen LogP) is 4.87. The molecule has 258 valence electrons. The number of nitrogens with one attached hydrogen (secondary N) is 2. The molecule has 12 heteroatoms. The first kappa shape index (κ1) is 32.9. The van der Waals surface area contributed by atoms with E-state index in [1.54, 1.807) is 13.2 Å². The SMILES string of the molecule is COc1ccc2c(c1)C1CC1(NC(=O)N1C[C@@H](C)N(C)[C@@H](C)C1)Cn1c-2c(C2CCCCC2)c2ccc(C(=O)NS(=O)(=O)N(C)C)cc21. The molecule has 2 unspecified atom stereocenters. The van der Waals surface area contributed by atoms with Gasteiger partial charge in [0, 0.05) is 73.8 Å². The number of hydrogen-bond donors (Lipinski definition) is 2. The summed E-state index contributed by atoms with van der Waals surface area (Å²) in [6, 6.07) is 12.3. The Morgan fingerprint density at radius 2 is 1.71 bits per heavy atom. The molecule has 1 saturated heterocycles. The van der Waals surface area contributed by atoms with Crippen LogP contribution >= 0.6 is 0 Å². The molecule has 2 saturated carbocycles. The van der Waals surface area contributed by atoms with E-state index in [4.69, 9.17) is 4.74 Å². The maximum absolute atomic E-state index is 14.1. The molecular weight excluding hydrogens is 629 g/mol. The number of amides is 3. The average Bonchev–Trinajstić information content (AvgIpc) is 3.69. The van der Waals surface area contributed by atoms with Gasteiger partial charge in [0.25, 0.3) is 5.91 Å². The minimum Gasteiger partial charge on any atom is -0.497 e. The zero-order valence-corrected chi connectivity index (χ0v) is 29.7. The molecule has 3 fully saturated rings. The third-order valence-corrected chi connectivity index (χ3v) is 12.9. The lowest BCUT2D eigenvalue weighted by atomic mass is 9.81. The molecular formula is C36H48N6O5S. The number of urea groups is 1. The lowest BCUT2D eigenvalue weighted by Gasteiger charge is -2.42. The number of nitrogens with zero attached hydrogens (tertiary/aromatic N) is 4. The summed E-state index contributed by atoms with van der Waals surface area (Å²) in [6.07, 6.45) is 6.53. The van der Waals surface area contributed by atoms with E-state index < -0.39 is 21.7 Å². The van der Waals surface area contributed by atoms with Crippen LogP contribution < -0.4 is 14.8 Å². The second kappa shape index (κ2) is 12.1. The van der Waals surface area contributed by atoms with Crippen molar-refractivity contribution >= 4 is 33.1 Å². The van der Waals surface area contributed by atoms with Crippen molar-refractivity contribution in [1.82, 2.24) is 28.7 Å². The van der Waals surface area contributed by atoms with E-state index in [2.05, 4.69) is 52.5 Å². The molecule has 4 aliphatic rings. The van der Waals surface area contributed by atoms with Gasteiger partial charge in [-0.15, -0.1) is 0 Å². The summed E-state index contributed by atoms with van der Waals surface area (Å²) in [4.78, 5) is 31.7. The molecule has 1 aromatic heterocycles. The highest BCUT2D eigenvalue weighted by atomic mass is 32.2. The Bertz CT molecular complexity index is 1870. The number of ether oxygens (including phenoxy) is 1. The lowest BCUT2D eigenvalue weighted by Crippen LogP contribution is -2.60. The summed E-state index contributed by atoms with van der Waals surface area (Å²) in [7, 11) is 2.60. The maximum atomic E-state index is 14.1. The molecule has 11 nitrogen and oxygen atoms in total. The van der Waals surface area contributed by atoms with Crippen molar-refractivity contribution in [2.45, 2.75) is 88.4 Å². The van der Waals surface area contributed by atoms with Crippen molar-refractivity contribution in [3.05, 3.63) is 53.1 Å². The molecule has 2 aliphatic carbocycles. The van der Waals surface area contributed by atoms with Gasteiger partial charge in [-0.25, -0.2) is 9.52 Å². The standard InChI is InChI=1S/C36H48N6O5S/c1-22-19-41(20-23(2)40(22)5)35(44)37-36-18-30(36)29-17-26(47-6)13-15-27(29)33-32(24-10-8-7-9-11-24)28-14-12-25(16-31(28)42(33)21-36)34(43)38-48(45,46)39(3)4/h12-17,22-24,30H,7-11,18-21H2,1-6H3,(H,37,44)(H,38,43)/t22-,23+,30?,36?. The van der Waals surface area contributed by atoms with E-state index in [0.717, 1.165) is 51.5 Å². The van der Waals surface area contributed by atoms with Crippen LogP contribution in [-0.4, -0.2) is 98.0 Å². The van der Waals surface area contributed by atoms with Crippen molar-refractivity contribution in [3.8, 4) is 17.0 Å². The molecule has 4 atom stereocenters. The summed E-state index contributed by atoms with van der Waals surface area (Å²) < 4.78 is 36.4. The van der Waals surface area contributed by atoms with Gasteiger partial charge in [-0.3, -0.25) is 9.69 Å². The third-order valence-electron chi connectivity index (χ3n) is 11.5. The van der Waals surface area contributed by atoms with E-state index in [0.29, 0.717) is 25.6 Å². The second-order valence-corrected chi connectivity index (χ2v) is 16.6. The van der Waals surface area contributed by atoms with Crippen LogP contribution in [0.1, 0.15) is 85.7 Å². The topological polar surface area (TPSA) is 116 Å². The highest BCUT2D eigenvalue weighted by Crippen LogP contribution is 2.60. The number of hydrogen-bond acceptors (Lipinski definition) is 6. The maximum Gasteiger partial charge on any atom is 0.318 e. The van der Waals surface area contributed by atoms with Gasteiger partial charge >= 0.3 is 16.2 Å². The van der Waals surface area contributed by atoms with Crippen molar-refractivity contribution in [3.63, 3.8) is 0 Å². The van der Waals surface area contributed by atoms with Gasteiger partial charge in [0.05, 0.1) is 18.3 Å². The largest absolute Gasteiger partial charge is 0.497 e. The number of carbonyl (C=O) groups excluding carboxylic acids is 2. The molecule has 3 aromatic rings. The Morgan fingerprint density at radius 1 is 1.00 bits per heavy atom. The number of piperazine rings is 1. The van der Waals surface area contributed by atoms with Gasteiger partial charge in [-0.1, -0.05) is 25.3 Å². The van der Waals surface area contributed by atoms with Gasteiger partial charge in [-0.2, -0.15) is 12.7 Å². The molecule has 2 aliphatic heterocycles. The third kappa shape index (κ3) is 5.55.